The van der Waals surface area contributed by atoms with Crippen molar-refractivity contribution in [2.45, 2.75) is 20.0 Å². The maximum absolute atomic E-state index is 13.2. The van der Waals surface area contributed by atoms with E-state index in [9.17, 15) is 14.0 Å². The number of benzene rings is 1. The van der Waals surface area contributed by atoms with Crippen LogP contribution in [-0.4, -0.2) is 48.3 Å². The lowest BCUT2D eigenvalue weighted by Crippen LogP contribution is -2.34. The molecule has 0 fully saturated rings. The van der Waals surface area contributed by atoms with Crippen LogP contribution in [0, 0.1) is 5.82 Å². The lowest BCUT2D eigenvalue weighted by atomic mass is 10.2. The number of hydrogen-bond acceptors (Lipinski definition) is 3. The van der Waals surface area contributed by atoms with Gasteiger partial charge >= 0.3 is 12.0 Å². The van der Waals surface area contributed by atoms with Gasteiger partial charge in [0.1, 0.15) is 5.82 Å². The van der Waals surface area contributed by atoms with E-state index in [1.807, 2.05) is 13.8 Å². The van der Waals surface area contributed by atoms with Crippen LogP contribution in [0.3, 0.4) is 0 Å². The Balaban J connectivity index is 2.62. The Bertz CT molecular complexity index is 520. The summed E-state index contributed by atoms with van der Waals surface area (Å²) in [7, 11) is 1.58. The van der Waals surface area contributed by atoms with E-state index < -0.39 is 23.4 Å². The second-order valence-electron chi connectivity index (χ2n) is 4.77. The van der Waals surface area contributed by atoms with E-state index in [0.717, 1.165) is 12.1 Å². The fourth-order valence-corrected chi connectivity index (χ4v) is 1.51. The number of nitrogens with zero attached hydrogens (tertiary/aromatic N) is 1. The van der Waals surface area contributed by atoms with E-state index in [1.54, 1.807) is 7.05 Å². The quantitative estimate of drug-likeness (QED) is 0.845. The van der Waals surface area contributed by atoms with Crippen LogP contribution in [0.2, 0.25) is 0 Å². The fourth-order valence-electron chi connectivity index (χ4n) is 1.51. The molecule has 2 amide bonds. The van der Waals surface area contributed by atoms with Gasteiger partial charge in [-0.2, -0.15) is 0 Å². The number of rotatable bonds is 6. The Morgan fingerprint density at radius 1 is 1.43 bits per heavy atom. The minimum Gasteiger partial charge on any atom is -0.478 e. The monoisotopic (exact) mass is 298 g/mol. The molecule has 2 N–H and O–H groups in total. The smallest absolute Gasteiger partial charge is 0.338 e. The molecule has 0 aliphatic rings. The first-order valence-corrected chi connectivity index (χ1v) is 6.47. The molecule has 0 aliphatic heterocycles. The highest BCUT2D eigenvalue weighted by Crippen LogP contribution is 2.15. The third-order valence-electron chi connectivity index (χ3n) is 2.67. The number of amides is 2. The molecule has 1 aromatic carbocycles. The summed E-state index contributed by atoms with van der Waals surface area (Å²) >= 11 is 0. The number of anilines is 1. The molecule has 0 saturated heterocycles. The molecule has 21 heavy (non-hydrogen) atoms. The van der Waals surface area contributed by atoms with E-state index in [0.29, 0.717) is 13.2 Å². The molecule has 0 unspecified atom stereocenters. The van der Waals surface area contributed by atoms with Crippen molar-refractivity contribution in [2.75, 3.05) is 25.5 Å². The van der Waals surface area contributed by atoms with Crippen LogP contribution in [-0.2, 0) is 4.74 Å². The molecule has 0 saturated carbocycles. The van der Waals surface area contributed by atoms with Crippen molar-refractivity contribution in [3.8, 4) is 0 Å². The van der Waals surface area contributed by atoms with Gasteiger partial charge < -0.3 is 20.1 Å². The minimum absolute atomic E-state index is 0.0803. The Hall–Kier alpha value is -2.15. The van der Waals surface area contributed by atoms with Crippen LogP contribution in [0.25, 0.3) is 0 Å². The molecule has 1 rings (SSSR count). The molecule has 0 aliphatic carbocycles. The van der Waals surface area contributed by atoms with Gasteiger partial charge in [-0.1, -0.05) is 0 Å². The minimum atomic E-state index is -1.39. The summed E-state index contributed by atoms with van der Waals surface area (Å²) in [6.45, 7) is 4.57. The van der Waals surface area contributed by atoms with E-state index in [4.69, 9.17) is 9.84 Å². The number of likely N-dealkylation sites (N-methyl/N-ethyl adjacent to an activating group) is 1. The van der Waals surface area contributed by atoms with E-state index in [-0.39, 0.29) is 11.8 Å². The zero-order chi connectivity index (χ0) is 16.0. The lowest BCUT2D eigenvalue weighted by molar-refractivity contribution is 0.0689. The number of urea groups is 1. The van der Waals surface area contributed by atoms with Crippen molar-refractivity contribution in [1.82, 2.24) is 4.90 Å². The number of hydrogen-bond donors (Lipinski definition) is 2. The van der Waals surface area contributed by atoms with Gasteiger partial charge in [-0.15, -0.1) is 0 Å². The molecule has 7 heteroatoms. The molecular formula is C14H19FN2O4. The number of carbonyl (C=O) groups is 2. The lowest BCUT2D eigenvalue weighted by Gasteiger charge is -2.19. The number of carboxylic acids is 1. The van der Waals surface area contributed by atoms with Crippen LogP contribution in [0.15, 0.2) is 18.2 Å². The molecule has 0 heterocycles. The number of nitrogens with one attached hydrogen (secondary N) is 1. The van der Waals surface area contributed by atoms with E-state index in [1.165, 1.54) is 11.0 Å². The summed E-state index contributed by atoms with van der Waals surface area (Å²) in [6, 6.07) is 2.96. The second kappa shape index (κ2) is 7.58. The number of halogens is 1. The van der Waals surface area contributed by atoms with Crippen LogP contribution < -0.4 is 5.32 Å². The Morgan fingerprint density at radius 3 is 2.67 bits per heavy atom. The van der Waals surface area contributed by atoms with Crippen molar-refractivity contribution >= 4 is 17.7 Å². The Morgan fingerprint density at radius 2 is 2.10 bits per heavy atom. The van der Waals surface area contributed by atoms with E-state index in [2.05, 4.69) is 5.32 Å². The zero-order valence-electron chi connectivity index (χ0n) is 12.2. The molecule has 1 aromatic rings. The molecule has 0 radical (unpaired) electrons. The van der Waals surface area contributed by atoms with Crippen molar-refractivity contribution in [1.29, 1.82) is 0 Å². The van der Waals surface area contributed by atoms with Crippen LogP contribution >= 0.6 is 0 Å². The van der Waals surface area contributed by atoms with Crippen molar-refractivity contribution in [3.05, 3.63) is 29.6 Å². The molecule has 0 aromatic heterocycles. The highest BCUT2D eigenvalue weighted by atomic mass is 19.1. The first-order chi connectivity index (χ1) is 9.81. The van der Waals surface area contributed by atoms with Gasteiger partial charge in [-0.05, 0) is 32.0 Å². The highest BCUT2D eigenvalue weighted by Gasteiger charge is 2.13. The molecular weight excluding hydrogens is 279 g/mol. The topological polar surface area (TPSA) is 78.9 Å². The average Bonchev–Trinajstić information content (AvgIpc) is 2.40. The fraction of sp³-hybridized carbons (Fsp3) is 0.429. The van der Waals surface area contributed by atoms with Crippen LogP contribution in [0.1, 0.15) is 24.2 Å². The summed E-state index contributed by atoms with van der Waals surface area (Å²) in [5, 5.41) is 11.3. The number of aromatic carboxylic acids is 1. The molecule has 116 valence electrons. The third kappa shape index (κ3) is 5.39. The van der Waals surface area contributed by atoms with Gasteiger partial charge in [0.15, 0.2) is 0 Å². The van der Waals surface area contributed by atoms with Gasteiger partial charge in [0, 0.05) is 19.3 Å². The predicted molar refractivity (Wildman–Crippen MR) is 76.1 cm³/mol. The largest absolute Gasteiger partial charge is 0.478 e. The van der Waals surface area contributed by atoms with Crippen molar-refractivity contribution in [2.24, 2.45) is 0 Å². The third-order valence-corrected chi connectivity index (χ3v) is 2.67. The summed E-state index contributed by atoms with van der Waals surface area (Å²) in [6.07, 6.45) is 0.0803. The van der Waals surface area contributed by atoms with Crippen molar-refractivity contribution < 1.29 is 23.8 Å². The maximum Gasteiger partial charge on any atom is 0.338 e. The highest BCUT2D eigenvalue weighted by molar-refractivity contribution is 5.93. The molecule has 0 spiro atoms. The molecule has 0 bridgehead atoms. The van der Waals surface area contributed by atoms with Crippen molar-refractivity contribution in [3.63, 3.8) is 0 Å². The SMILES string of the molecule is CC(C)OCCN(C)C(=O)Nc1ccc(F)c(C(=O)O)c1. The first kappa shape index (κ1) is 16.9. The van der Waals surface area contributed by atoms with E-state index >= 15 is 0 Å². The first-order valence-electron chi connectivity index (χ1n) is 6.47. The predicted octanol–water partition coefficient (Wildman–Crippen LogP) is 2.41. The van der Waals surface area contributed by atoms with Gasteiger partial charge in [-0.25, -0.2) is 14.0 Å². The zero-order valence-corrected chi connectivity index (χ0v) is 12.2. The van der Waals surface area contributed by atoms with Crippen LogP contribution in [0.4, 0.5) is 14.9 Å². The normalized spacial score (nSPS) is 10.5. The van der Waals surface area contributed by atoms with Gasteiger partial charge in [0.25, 0.3) is 0 Å². The second-order valence-corrected chi connectivity index (χ2v) is 4.77. The molecule has 6 nitrogen and oxygen atoms in total. The number of ether oxygens (including phenoxy) is 1. The van der Waals surface area contributed by atoms with Gasteiger partial charge in [0.2, 0.25) is 0 Å². The number of carbonyl (C=O) groups excluding carboxylic acids is 1. The number of carboxylic acid groups (broad SMARTS) is 1. The summed E-state index contributed by atoms with van der Waals surface area (Å²) in [5.74, 6) is -2.23. The van der Waals surface area contributed by atoms with Gasteiger partial charge in [-0.3, -0.25) is 0 Å². The summed E-state index contributed by atoms with van der Waals surface area (Å²) in [4.78, 5) is 24.1. The Kier molecular flexibility index (Phi) is 6.10. The molecule has 0 atom stereocenters. The van der Waals surface area contributed by atoms with Crippen LogP contribution in [0.5, 0.6) is 0 Å². The average molecular weight is 298 g/mol. The van der Waals surface area contributed by atoms with Gasteiger partial charge in [0.05, 0.1) is 18.3 Å². The maximum atomic E-state index is 13.2. The standard InChI is InChI=1S/C14H19FN2O4/c1-9(2)21-7-6-17(3)14(20)16-10-4-5-12(15)11(8-10)13(18)19/h4-5,8-9H,6-7H2,1-3H3,(H,16,20)(H,18,19). The Labute approximate surface area is 122 Å². The summed E-state index contributed by atoms with van der Waals surface area (Å²) < 4.78 is 18.6. The summed E-state index contributed by atoms with van der Waals surface area (Å²) in [5.41, 5.74) is -0.269.